The summed E-state index contributed by atoms with van der Waals surface area (Å²) in [5.74, 6) is -0.780. The van der Waals surface area contributed by atoms with Gasteiger partial charge in [-0.05, 0) is 36.1 Å². The molecule has 1 amide bonds. The topological polar surface area (TPSA) is 112 Å². The molecule has 2 aromatic heterocycles. The Morgan fingerprint density at radius 1 is 1.12 bits per heavy atom. The van der Waals surface area contributed by atoms with Crippen molar-refractivity contribution in [2.45, 2.75) is 25.0 Å². The molecule has 1 N–H and O–H groups in total. The van der Waals surface area contributed by atoms with Crippen LogP contribution in [-0.2, 0) is 20.8 Å². The summed E-state index contributed by atoms with van der Waals surface area (Å²) in [7, 11) is 2.49. The zero-order chi connectivity index (χ0) is 23.1. The van der Waals surface area contributed by atoms with Crippen molar-refractivity contribution < 1.29 is 23.9 Å². The van der Waals surface area contributed by atoms with Gasteiger partial charge in [-0.2, -0.15) is 0 Å². The minimum Gasteiger partial charge on any atom is -0.465 e. The molecule has 3 rings (SSSR count). The number of thiophene rings is 1. The van der Waals surface area contributed by atoms with Crippen molar-refractivity contribution in [3.8, 4) is 10.7 Å². The Hall–Kier alpha value is -3.18. The summed E-state index contributed by atoms with van der Waals surface area (Å²) < 4.78 is 11.5. The number of esters is 2. The SMILES string of the molecule is CCCn1c(SCC(=O)Nc2cc(C(=O)OC)ccc2C(=O)OC)nnc1-c1cccs1. The molecule has 0 unspecified atom stereocenters. The van der Waals surface area contributed by atoms with Crippen molar-refractivity contribution in [3.05, 3.63) is 46.8 Å². The average Bonchev–Trinajstić information content (AvgIpc) is 3.47. The van der Waals surface area contributed by atoms with E-state index in [1.807, 2.05) is 22.1 Å². The Labute approximate surface area is 193 Å². The van der Waals surface area contributed by atoms with Gasteiger partial charge in [-0.1, -0.05) is 24.8 Å². The normalized spacial score (nSPS) is 10.6. The van der Waals surface area contributed by atoms with Crippen LogP contribution in [0.5, 0.6) is 0 Å². The summed E-state index contributed by atoms with van der Waals surface area (Å²) in [6, 6.07) is 8.15. The Morgan fingerprint density at radius 2 is 1.91 bits per heavy atom. The smallest absolute Gasteiger partial charge is 0.339 e. The predicted molar refractivity (Wildman–Crippen MR) is 122 cm³/mol. The molecule has 32 heavy (non-hydrogen) atoms. The van der Waals surface area contributed by atoms with Gasteiger partial charge in [-0.15, -0.1) is 21.5 Å². The van der Waals surface area contributed by atoms with E-state index in [2.05, 4.69) is 22.4 Å². The highest BCUT2D eigenvalue weighted by Crippen LogP contribution is 2.28. The number of nitrogens with zero attached hydrogens (tertiary/aromatic N) is 3. The third kappa shape index (κ3) is 5.35. The van der Waals surface area contributed by atoms with Crippen molar-refractivity contribution in [3.63, 3.8) is 0 Å². The van der Waals surface area contributed by atoms with Gasteiger partial charge in [-0.3, -0.25) is 4.79 Å². The van der Waals surface area contributed by atoms with Crippen molar-refractivity contribution in [2.75, 3.05) is 25.3 Å². The molecule has 11 heteroatoms. The maximum Gasteiger partial charge on any atom is 0.339 e. The fourth-order valence-electron chi connectivity index (χ4n) is 2.91. The summed E-state index contributed by atoms with van der Waals surface area (Å²) in [6.45, 7) is 2.78. The maximum atomic E-state index is 12.6. The number of anilines is 1. The highest BCUT2D eigenvalue weighted by atomic mass is 32.2. The molecule has 0 fully saturated rings. The zero-order valence-corrected chi connectivity index (χ0v) is 19.4. The van der Waals surface area contributed by atoms with E-state index in [-0.39, 0.29) is 28.5 Å². The molecule has 0 aliphatic rings. The van der Waals surface area contributed by atoms with E-state index in [9.17, 15) is 14.4 Å². The lowest BCUT2D eigenvalue weighted by Crippen LogP contribution is -2.18. The van der Waals surface area contributed by atoms with Crippen LogP contribution in [0.1, 0.15) is 34.1 Å². The standard InChI is InChI=1S/C21H22N4O5S2/c1-4-9-25-18(16-6-5-10-31-16)23-24-21(25)32-12-17(26)22-15-11-13(19(27)29-2)7-8-14(15)20(28)30-3/h5-8,10-11H,4,9,12H2,1-3H3,(H,22,26). The highest BCUT2D eigenvalue weighted by Gasteiger charge is 2.19. The first kappa shape index (κ1) is 23.5. The molecule has 2 heterocycles. The van der Waals surface area contributed by atoms with Crippen LogP contribution < -0.4 is 5.32 Å². The predicted octanol–water partition coefficient (Wildman–Crippen LogP) is 3.72. The molecular weight excluding hydrogens is 452 g/mol. The number of ether oxygens (including phenoxy) is 2. The van der Waals surface area contributed by atoms with Gasteiger partial charge in [-0.25, -0.2) is 9.59 Å². The number of carbonyl (C=O) groups is 3. The lowest BCUT2D eigenvalue weighted by atomic mass is 10.1. The van der Waals surface area contributed by atoms with Gasteiger partial charge in [0.2, 0.25) is 5.91 Å². The number of rotatable bonds is 9. The Bertz CT molecular complexity index is 1110. The third-order valence-corrected chi connectivity index (χ3v) is 6.19. The monoisotopic (exact) mass is 474 g/mol. The quantitative estimate of drug-likeness (QED) is 0.369. The zero-order valence-electron chi connectivity index (χ0n) is 17.8. The van der Waals surface area contributed by atoms with Gasteiger partial charge >= 0.3 is 11.9 Å². The average molecular weight is 475 g/mol. The second-order valence-corrected chi connectivity index (χ2v) is 8.41. The van der Waals surface area contributed by atoms with Crippen molar-refractivity contribution in [1.82, 2.24) is 14.8 Å². The van der Waals surface area contributed by atoms with Gasteiger partial charge in [0.05, 0.1) is 41.7 Å². The number of amides is 1. The Kier molecular flexibility index (Phi) is 8.01. The number of hydrogen-bond acceptors (Lipinski definition) is 9. The number of hydrogen-bond donors (Lipinski definition) is 1. The third-order valence-electron chi connectivity index (χ3n) is 4.36. The Morgan fingerprint density at radius 3 is 2.56 bits per heavy atom. The number of methoxy groups -OCH3 is 2. The van der Waals surface area contributed by atoms with Crippen LogP contribution >= 0.6 is 23.1 Å². The second kappa shape index (κ2) is 10.9. The summed E-state index contributed by atoms with van der Waals surface area (Å²) in [4.78, 5) is 37.6. The number of benzene rings is 1. The minimum absolute atomic E-state index is 0.0371. The number of aromatic nitrogens is 3. The van der Waals surface area contributed by atoms with Gasteiger partial charge in [0.15, 0.2) is 11.0 Å². The van der Waals surface area contributed by atoms with E-state index in [0.29, 0.717) is 5.16 Å². The molecule has 0 radical (unpaired) electrons. The van der Waals surface area contributed by atoms with Gasteiger partial charge in [0, 0.05) is 6.54 Å². The maximum absolute atomic E-state index is 12.6. The molecule has 168 valence electrons. The molecule has 0 aliphatic heterocycles. The molecular formula is C21H22N4O5S2. The number of thioether (sulfide) groups is 1. The van der Waals surface area contributed by atoms with Crippen LogP contribution in [-0.4, -0.2) is 52.6 Å². The van der Waals surface area contributed by atoms with Crippen molar-refractivity contribution in [2.24, 2.45) is 0 Å². The fourth-order valence-corrected chi connectivity index (χ4v) is 4.39. The van der Waals surface area contributed by atoms with E-state index in [1.54, 1.807) is 11.3 Å². The fraction of sp³-hybridized carbons (Fsp3) is 0.286. The van der Waals surface area contributed by atoms with Crippen LogP contribution in [0, 0.1) is 0 Å². The van der Waals surface area contributed by atoms with Gasteiger partial charge in [0.25, 0.3) is 0 Å². The molecule has 9 nitrogen and oxygen atoms in total. The van der Waals surface area contributed by atoms with Crippen LogP contribution in [0.4, 0.5) is 5.69 Å². The summed E-state index contributed by atoms with van der Waals surface area (Å²) in [6.07, 6.45) is 0.888. The minimum atomic E-state index is -0.632. The van der Waals surface area contributed by atoms with Crippen LogP contribution in [0.25, 0.3) is 10.7 Å². The lowest BCUT2D eigenvalue weighted by molar-refractivity contribution is -0.113. The van der Waals surface area contributed by atoms with E-state index in [0.717, 1.165) is 23.7 Å². The first-order valence-corrected chi connectivity index (χ1v) is 11.5. The largest absolute Gasteiger partial charge is 0.465 e. The van der Waals surface area contributed by atoms with E-state index >= 15 is 0 Å². The molecule has 0 bridgehead atoms. The molecule has 0 aliphatic carbocycles. The van der Waals surface area contributed by atoms with Gasteiger partial charge < -0.3 is 19.4 Å². The van der Waals surface area contributed by atoms with Crippen LogP contribution in [0.15, 0.2) is 40.9 Å². The second-order valence-electron chi connectivity index (χ2n) is 6.52. The molecule has 0 atom stereocenters. The number of nitrogens with one attached hydrogen (secondary N) is 1. The van der Waals surface area contributed by atoms with Crippen molar-refractivity contribution >= 4 is 46.6 Å². The van der Waals surface area contributed by atoms with E-state index < -0.39 is 11.9 Å². The van der Waals surface area contributed by atoms with E-state index in [4.69, 9.17) is 9.47 Å². The summed E-state index contributed by atoms with van der Waals surface area (Å²) in [5.41, 5.74) is 0.499. The number of carbonyl (C=O) groups excluding carboxylic acids is 3. The molecule has 0 saturated carbocycles. The molecule has 0 saturated heterocycles. The van der Waals surface area contributed by atoms with E-state index in [1.165, 1.54) is 44.2 Å². The first-order chi connectivity index (χ1) is 15.5. The Balaban J connectivity index is 1.76. The lowest BCUT2D eigenvalue weighted by Gasteiger charge is -2.12. The molecule has 3 aromatic rings. The van der Waals surface area contributed by atoms with Gasteiger partial charge in [0.1, 0.15) is 0 Å². The first-order valence-electron chi connectivity index (χ1n) is 9.68. The van der Waals surface area contributed by atoms with Crippen LogP contribution in [0.3, 0.4) is 0 Å². The van der Waals surface area contributed by atoms with Crippen LogP contribution in [0.2, 0.25) is 0 Å². The molecule has 1 aromatic carbocycles. The van der Waals surface area contributed by atoms with Crippen molar-refractivity contribution in [1.29, 1.82) is 0 Å². The highest BCUT2D eigenvalue weighted by molar-refractivity contribution is 7.99. The summed E-state index contributed by atoms with van der Waals surface area (Å²) in [5, 5.41) is 13.8. The molecule has 0 spiro atoms. The summed E-state index contributed by atoms with van der Waals surface area (Å²) >= 11 is 2.82.